The molecule has 0 aliphatic rings. The lowest BCUT2D eigenvalue weighted by molar-refractivity contribution is 0.179. The van der Waals surface area contributed by atoms with Gasteiger partial charge in [-0.05, 0) is 18.1 Å². The Morgan fingerprint density at radius 1 is 1.47 bits per heavy atom. The molecule has 0 aliphatic carbocycles. The van der Waals surface area contributed by atoms with E-state index in [1.165, 1.54) is 5.56 Å². The molecule has 96 valence electrons. The van der Waals surface area contributed by atoms with Crippen LogP contribution in [0, 0.1) is 0 Å². The molecule has 0 fully saturated rings. The van der Waals surface area contributed by atoms with Crippen LogP contribution in [-0.4, -0.2) is 31.4 Å². The molecular weight excluding hydrogens is 216 g/mol. The summed E-state index contributed by atoms with van der Waals surface area (Å²) in [5.74, 6) is 0.872. The molecule has 4 N–H and O–H groups in total. The van der Waals surface area contributed by atoms with Gasteiger partial charge in [-0.2, -0.15) is 0 Å². The number of benzene rings is 1. The van der Waals surface area contributed by atoms with Crippen LogP contribution in [0.4, 0.5) is 0 Å². The number of hydrogen-bond donors (Lipinski definition) is 3. The van der Waals surface area contributed by atoms with Crippen molar-refractivity contribution in [1.29, 1.82) is 0 Å². The predicted octanol–water partition coefficient (Wildman–Crippen LogP) is 0.667. The Morgan fingerprint density at radius 2 is 2.24 bits per heavy atom. The van der Waals surface area contributed by atoms with Crippen LogP contribution >= 0.6 is 0 Å². The molecule has 1 rings (SSSR count). The smallest absolute Gasteiger partial charge is 0.123 e. The van der Waals surface area contributed by atoms with E-state index in [4.69, 9.17) is 10.5 Å². The fourth-order valence-electron chi connectivity index (χ4n) is 1.65. The molecule has 0 aromatic heterocycles. The molecule has 0 spiro atoms. The number of aliphatic hydroxyl groups is 1. The van der Waals surface area contributed by atoms with Crippen molar-refractivity contribution in [3.8, 4) is 5.75 Å². The maximum atomic E-state index is 9.34. The van der Waals surface area contributed by atoms with Gasteiger partial charge in [0.25, 0.3) is 0 Å². The molecule has 0 radical (unpaired) electrons. The molecule has 1 aromatic carbocycles. The molecule has 0 heterocycles. The van der Waals surface area contributed by atoms with Crippen LogP contribution in [0.15, 0.2) is 18.2 Å². The van der Waals surface area contributed by atoms with Gasteiger partial charge in [-0.15, -0.1) is 0 Å². The first-order chi connectivity index (χ1) is 8.21. The molecule has 0 bridgehead atoms. The monoisotopic (exact) mass is 238 g/mol. The molecule has 0 aliphatic heterocycles. The number of methoxy groups -OCH3 is 1. The summed E-state index contributed by atoms with van der Waals surface area (Å²) < 4.78 is 5.30. The maximum Gasteiger partial charge on any atom is 0.123 e. The third-order valence-electron chi connectivity index (χ3n) is 2.72. The van der Waals surface area contributed by atoms with Crippen LogP contribution in [0.25, 0.3) is 0 Å². The standard InChI is InChI=1S/C13H22N2O2/c1-3-10-4-5-13(17-2)11(6-10)8-15-9-12(16)7-14/h4-6,12,15-16H,3,7-9,14H2,1-2H3. The summed E-state index contributed by atoms with van der Waals surface area (Å²) in [6.45, 7) is 3.57. The minimum Gasteiger partial charge on any atom is -0.496 e. The van der Waals surface area contributed by atoms with Crippen LogP contribution in [0.3, 0.4) is 0 Å². The first-order valence-electron chi connectivity index (χ1n) is 5.95. The third kappa shape index (κ3) is 4.34. The molecular formula is C13H22N2O2. The van der Waals surface area contributed by atoms with E-state index in [-0.39, 0.29) is 6.54 Å². The summed E-state index contributed by atoms with van der Waals surface area (Å²) in [6, 6.07) is 6.17. The van der Waals surface area contributed by atoms with Gasteiger partial charge in [0, 0.05) is 25.2 Å². The Hall–Kier alpha value is -1.10. The van der Waals surface area contributed by atoms with Crippen molar-refractivity contribution in [3.63, 3.8) is 0 Å². The minimum atomic E-state index is -0.490. The average Bonchev–Trinajstić information content (AvgIpc) is 2.38. The van der Waals surface area contributed by atoms with E-state index in [1.54, 1.807) is 7.11 Å². The van der Waals surface area contributed by atoms with Gasteiger partial charge in [0.2, 0.25) is 0 Å². The van der Waals surface area contributed by atoms with Crippen LogP contribution in [0.5, 0.6) is 5.75 Å². The Labute approximate surface area is 103 Å². The summed E-state index contributed by atoms with van der Waals surface area (Å²) in [7, 11) is 1.67. The van der Waals surface area contributed by atoms with E-state index >= 15 is 0 Å². The van der Waals surface area contributed by atoms with Crippen LogP contribution in [0.2, 0.25) is 0 Å². The lowest BCUT2D eigenvalue weighted by Crippen LogP contribution is -2.32. The van der Waals surface area contributed by atoms with Gasteiger partial charge >= 0.3 is 0 Å². The molecule has 4 nitrogen and oxygen atoms in total. The zero-order valence-electron chi connectivity index (χ0n) is 10.6. The zero-order chi connectivity index (χ0) is 12.7. The minimum absolute atomic E-state index is 0.277. The van der Waals surface area contributed by atoms with Gasteiger partial charge in [0.05, 0.1) is 13.2 Å². The largest absolute Gasteiger partial charge is 0.496 e. The summed E-state index contributed by atoms with van der Waals surface area (Å²) in [5, 5.41) is 12.5. The normalized spacial score (nSPS) is 12.5. The SMILES string of the molecule is CCc1ccc(OC)c(CNCC(O)CN)c1. The van der Waals surface area contributed by atoms with Crippen LogP contribution in [-0.2, 0) is 13.0 Å². The summed E-state index contributed by atoms with van der Waals surface area (Å²) in [5.41, 5.74) is 7.73. The highest BCUT2D eigenvalue weighted by Gasteiger charge is 2.05. The van der Waals surface area contributed by atoms with Gasteiger partial charge in [-0.25, -0.2) is 0 Å². The number of nitrogens with two attached hydrogens (primary N) is 1. The second kappa shape index (κ2) is 7.27. The van der Waals surface area contributed by atoms with E-state index < -0.39 is 6.10 Å². The van der Waals surface area contributed by atoms with Crippen molar-refractivity contribution in [2.45, 2.75) is 26.0 Å². The molecule has 17 heavy (non-hydrogen) atoms. The Morgan fingerprint density at radius 3 is 2.82 bits per heavy atom. The first-order valence-corrected chi connectivity index (χ1v) is 5.95. The van der Waals surface area contributed by atoms with Crippen molar-refractivity contribution < 1.29 is 9.84 Å². The number of hydrogen-bond acceptors (Lipinski definition) is 4. The van der Waals surface area contributed by atoms with Gasteiger partial charge in [0.1, 0.15) is 5.75 Å². The van der Waals surface area contributed by atoms with E-state index in [2.05, 4.69) is 24.4 Å². The van der Waals surface area contributed by atoms with Gasteiger partial charge in [-0.1, -0.05) is 19.1 Å². The predicted molar refractivity (Wildman–Crippen MR) is 69.1 cm³/mol. The highest BCUT2D eigenvalue weighted by Crippen LogP contribution is 2.19. The summed E-state index contributed by atoms with van der Waals surface area (Å²) >= 11 is 0. The van der Waals surface area contributed by atoms with E-state index in [9.17, 15) is 5.11 Å². The third-order valence-corrected chi connectivity index (χ3v) is 2.72. The molecule has 0 saturated carbocycles. The molecule has 0 amide bonds. The molecule has 0 saturated heterocycles. The Bertz CT molecular complexity index is 342. The van der Waals surface area contributed by atoms with Crippen molar-refractivity contribution >= 4 is 0 Å². The Balaban J connectivity index is 2.61. The van der Waals surface area contributed by atoms with Crippen molar-refractivity contribution in [2.75, 3.05) is 20.2 Å². The second-order valence-corrected chi connectivity index (χ2v) is 4.02. The number of ether oxygens (including phenoxy) is 1. The molecule has 1 unspecified atom stereocenters. The van der Waals surface area contributed by atoms with E-state index in [1.807, 2.05) is 6.07 Å². The number of aryl methyl sites for hydroxylation is 1. The first kappa shape index (κ1) is 14.0. The summed E-state index contributed by atoms with van der Waals surface area (Å²) in [4.78, 5) is 0. The fraction of sp³-hybridized carbons (Fsp3) is 0.538. The number of nitrogens with one attached hydrogen (secondary N) is 1. The van der Waals surface area contributed by atoms with E-state index in [0.717, 1.165) is 17.7 Å². The second-order valence-electron chi connectivity index (χ2n) is 4.02. The molecule has 1 aromatic rings. The van der Waals surface area contributed by atoms with Crippen molar-refractivity contribution in [1.82, 2.24) is 5.32 Å². The highest BCUT2D eigenvalue weighted by molar-refractivity contribution is 5.37. The zero-order valence-corrected chi connectivity index (χ0v) is 10.6. The van der Waals surface area contributed by atoms with Crippen LogP contribution < -0.4 is 15.8 Å². The lowest BCUT2D eigenvalue weighted by atomic mass is 10.1. The Kier molecular flexibility index (Phi) is 5.97. The van der Waals surface area contributed by atoms with Gasteiger partial charge < -0.3 is 20.9 Å². The average molecular weight is 238 g/mol. The topological polar surface area (TPSA) is 67.5 Å². The number of rotatable bonds is 7. The maximum absolute atomic E-state index is 9.34. The van der Waals surface area contributed by atoms with Crippen LogP contribution in [0.1, 0.15) is 18.1 Å². The van der Waals surface area contributed by atoms with Gasteiger partial charge in [0.15, 0.2) is 0 Å². The summed E-state index contributed by atoms with van der Waals surface area (Å²) in [6.07, 6.45) is 0.512. The molecule has 4 heteroatoms. The fourth-order valence-corrected chi connectivity index (χ4v) is 1.65. The van der Waals surface area contributed by atoms with Crippen molar-refractivity contribution in [3.05, 3.63) is 29.3 Å². The van der Waals surface area contributed by atoms with E-state index in [0.29, 0.717) is 13.1 Å². The van der Waals surface area contributed by atoms with Gasteiger partial charge in [-0.3, -0.25) is 0 Å². The quantitative estimate of drug-likeness (QED) is 0.653. The molecule has 1 atom stereocenters. The van der Waals surface area contributed by atoms with Crippen molar-refractivity contribution in [2.24, 2.45) is 5.73 Å². The highest BCUT2D eigenvalue weighted by atomic mass is 16.5. The number of aliphatic hydroxyl groups excluding tert-OH is 1. The lowest BCUT2D eigenvalue weighted by Gasteiger charge is -2.13.